The van der Waals surface area contributed by atoms with E-state index in [0.717, 1.165) is 34.3 Å². The lowest BCUT2D eigenvalue weighted by molar-refractivity contribution is 0.629. The highest BCUT2D eigenvalue weighted by atomic mass is 19.1. The number of hydrogen-bond acceptors (Lipinski definition) is 3. The largest absolute Gasteiger partial charge is 0.373 e. The number of aromatic nitrogens is 2. The Morgan fingerprint density at radius 1 is 1.25 bits per heavy atom. The van der Waals surface area contributed by atoms with Gasteiger partial charge in [-0.15, -0.1) is 0 Å². The number of fused-ring (bicyclic) bond motifs is 1. The molecule has 0 radical (unpaired) electrons. The fourth-order valence-electron chi connectivity index (χ4n) is 2.67. The molecule has 0 aliphatic heterocycles. The second-order valence-corrected chi connectivity index (χ2v) is 5.73. The van der Waals surface area contributed by atoms with Gasteiger partial charge in [-0.05, 0) is 43.5 Å². The molecule has 4 heteroatoms. The van der Waals surface area contributed by atoms with E-state index in [9.17, 15) is 4.39 Å². The molecule has 0 aliphatic carbocycles. The number of nitrogens with one attached hydrogen (secondary N) is 1. The van der Waals surface area contributed by atoms with Crippen LogP contribution in [0, 0.1) is 0 Å². The summed E-state index contributed by atoms with van der Waals surface area (Å²) in [6, 6.07) is 3.88. The van der Waals surface area contributed by atoms with Crippen LogP contribution in [0.1, 0.15) is 39.3 Å². The van der Waals surface area contributed by atoms with Gasteiger partial charge < -0.3 is 5.32 Å². The van der Waals surface area contributed by atoms with E-state index < -0.39 is 0 Å². The molecule has 24 heavy (non-hydrogen) atoms. The van der Waals surface area contributed by atoms with Crippen molar-refractivity contribution in [2.24, 2.45) is 0 Å². The fraction of sp³-hybridized carbons (Fsp3) is 0.300. The van der Waals surface area contributed by atoms with Crippen molar-refractivity contribution in [3.05, 3.63) is 59.8 Å². The molecule has 0 saturated carbocycles. The summed E-state index contributed by atoms with van der Waals surface area (Å²) in [7, 11) is 1.83. The van der Waals surface area contributed by atoms with E-state index in [2.05, 4.69) is 21.9 Å². The molecule has 2 aromatic rings. The van der Waals surface area contributed by atoms with Gasteiger partial charge in [0.2, 0.25) is 0 Å². The van der Waals surface area contributed by atoms with Crippen molar-refractivity contribution in [3.8, 4) is 0 Å². The van der Waals surface area contributed by atoms with Gasteiger partial charge in [0, 0.05) is 35.8 Å². The Bertz CT molecular complexity index is 819. The Morgan fingerprint density at radius 2 is 1.92 bits per heavy atom. The van der Waals surface area contributed by atoms with Crippen LogP contribution < -0.4 is 5.32 Å². The number of allylic oxidation sites excluding steroid dienone is 5. The van der Waals surface area contributed by atoms with Crippen LogP contribution in [-0.2, 0) is 0 Å². The zero-order valence-electron chi connectivity index (χ0n) is 14.8. The van der Waals surface area contributed by atoms with Crippen LogP contribution in [0.25, 0.3) is 16.3 Å². The average Bonchev–Trinajstić information content (AvgIpc) is 2.61. The predicted octanol–water partition coefficient (Wildman–Crippen LogP) is 5.67. The second-order valence-electron chi connectivity index (χ2n) is 5.73. The van der Waals surface area contributed by atoms with Gasteiger partial charge in [-0.3, -0.25) is 4.98 Å². The monoisotopic (exact) mass is 325 g/mol. The molecule has 0 unspecified atom stereocenters. The maximum Gasteiger partial charge on any atom is 0.129 e. The third kappa shape index (κ3) is 3.70. The third-order valence-electron chi connectivity index (χ3n) is 4.02. The first kappa shape index (κ1) is 17.9. The summed E-state index contributed by atoms with van der Waals surface area (Å²) in [6.45, 7) is 9.53. The van der Waals surface area contributed by atoms with Crippen LogP contribution in [0.3, 0.4) is 0 Å². The van der Waals surface area contributed by atoms with Gasteiger partial charge in [0.05, 0.1) is 5.69 Å². The lowest BCUT2D eigenvalue weighted by Crippen LogP contribution is -1.96. The zero-order valence-corrected chi connectivity index (χ0v) is 14.8. The molecule has 0 aromatic carbocycles. The summed E-state index contributed by atoms with van der Waals surface area (Å²) in [4.78, 5) is 8.83. The minimum atomic E-state index is -0.240. The molecule has 0 amide bonds. The van der Waals surface area contributed by atoms with Crippen molar-refractivity contribution in [3.63, 3.8) is 0 Å². The summed E-state index contributed by atoms with van der Waals surface area (Å²) in [5.74, 6) is 0.553. The highest BCUT2D eigenvalue weighted by molar-refractivity contribution is 5.88. The molecule has 2 heterocycles. The van der Waals surface area contributed by atoms with Gasteiger partial charge in [-0.25, -0.2) is 9.37 Å². The molecule has 0 bridgehead atoms. The van der Waals surface area contributed by atoms with Gasteiger partial charge in [0.25, 0.3) is 0 Å². The summed E-state index contributed by atoms with van der Waals surface area (Å²) in [5, 5.41) is 4.97. The number of halogens is 1. The Morgan fingerprint density at radius 3 is 2.54 bits per heavy atom. The molecule has 0 aliphatic rings. The first-order chi connectivity index (χ1) is 11.5. The van der Waals surface area contributed by atoms with E-state index in [1.807, 2.05) is 39.1 Å². The molecular weight excluding hydrogens is 301 g/mol. The third-order valence-corrected chi connectivity index (χ3v) is 4.02. The summed E-state index contributed by atoms with van der Waals surface area (Å²) in [6.07, 6.45) is 7.01. The van der Waals surface area contributed by atoms with Crippen LogP contribution in [0.5, 0.6) is 0 Å². The van der Waals surface area contributed by atoms with Crippen molar-refractivity contribution < 1.29 is 4.39 Å². The van der Waals surface area contributed by atoms with Crippen LogP contribution in [0.4, 0.5) is 10.2 Å². The zero-order chi connectivity index (χ0) is 17.7. The number of pyridine rings is 2. The van der Waals surface area contributed by atoms with E-state index in [1.54, 1.807) is 19.3 Å². The minimum Gasteiger partial charge on any atom is -0.373 e. The first-order valence-electron chi connectivity index (χ1n) is 8.16. The molecule has 2 aromatic heterocycles. The topological polar surface area (TPSA) is 37.8 Å². The van der Waals surface area contributed by atoms with Crippen LogP contribution in [-0.4, -0.2) is 17.0 Å². The average molecular weight is 325 g/mol. The molecule has 0 atom stereocenters. The lowest BCUT2D eigenvalue weighted by atomic mass is 9.98. The maximum atomic E-state index is 14.6. The Balaban J connectivity index is 2.46. The smallest absolute Gasteiger partial charge is 0.129 e. The minimum absolute atomic E-state index is 0.240. The van der Waals surface area contributed by atoms with E-state index in [1.165, 1.54) is 0 Å². The van der Waals surface area contributed by atoms with Crippen molar-refractivity contribution in [2.45, 2.75) is 33.6 Å². The van der Waals surface area contributed by atoms with E-state index in [4.69, 9.17) is 0 Å². The number of anilines is 1. The standard InChI is InChI=1S/C20H24FN3/c1-6-8-13(3)20(21)14(4)17(7-2)18-9-15-12-24-19(22-5)10-16(15)11-23-18/h7,9-12H,3,6,8H2,1-2,4-5H3,(H,22,24)/b17-7+,20-14+. The molecule has 2 rings (SSSR count). The van der Waals surface area contributed by atoms with Crippen molar-refractivity contribution in [2.75, 3.05) is 12.4 Å². The SMILES string of the molecule is C=C(CCC)/C(F)=C(C)\C(=C/C)c1cc2cnc(NC)cc2cn1. The summed E-state index contributed by atoms with van der Waals surface area (Å²) in [5.41, 5.74) is 2.63. The van der Waals surface area contributed by atoms with Crippen molar-refractivity contribution >= 4 is 22.2 Å². The first-order valence-corrected chi connectivity index (χ1v) is 8.16. The number of hydrogen-bond donors (Lipinski definition) is 1. The summed E-state index contributed by atoms with van der Waals surface area (Å²) >= 11 is 0. The van der Waals surface area contributed by atoms with Crippen LogP contribution in [0.2, 0.25) is 0 Å². The maximum absolute atomic E-state index is 14.6. The van der Waals surface area contributed by atoms with Crippen LogP contribution in [0.15, 0.2) is 54.2 Å². The highest BCUT2D eigenvalue weighted by Gasteiger charge is 2.13. The molecule has 1 N–H and O–H groups in total. The van der Waals surface area contributed by atoms with Gasteiger partial charge in [0.1, 0.15) is 11.6 Å². The lowest BCUT2D eigenvalue weighted by Gasteiger charge is -2.12. The number of nitrogens with zero attached hydrogens (tertiary/aromatic N) is 2. The molecule has 126 valence electrons. The Kier molecular flexibility index (Phi) is 5.85. The number of rotatable bonds is 6. The van der Waals surface area contributed by atoms with Gasteiger partial charge in [-0.1, -0.05) is 26.0 Å². The van der Waals surface area contributed by atoms with Gasteiger partial charge in [0.15, 0.2) is 0 Å². The van der Waals surface area contributed by atoms with E-state index in [0.29, 0.717) is 17.6 Å². The van der Waals surface area contributed by atoms with Crippen molar-refractivity contribution in [1.82, 2.24) is 9.97 Å². The Hall–Kier alpha value is -2.49. The molecule has 0 fully saturated rings. The van der Waals surface area contributed by atoms with Crippen molar-refractivity contribution in [1.29, 1.82) is 0 Å². The van der Waals surface area contributed by atoms with E-state index >= 15 is 0 Å². The van der Waals surface area contributed by atoms with Gasteiger partial charge >= 0.3 is 0 Å². The molecule has 0 saturated heterocycles. The highest BCUT2D eigenvalue weighted by Crippen LogP contribution is 2.30. The fourth-order valence-corrected chi connectivity index (χ4v) is 2.67. The molecule has 3 nitrogen and oxygen atoms in total. The molecule has 0 spiro atoms. The normalized spacial score (nSPS) is 13.0. The summed E-state index contributed by atoms with van der Waals surface area (Å²) < 4.78 is 14.6. The predicted molar refractivity (Wildman–Crippen MR) is 101 cm³/mol. The molecular formula is C20H24FN3. The van der Waals surface area contributed by atoms with Gasteiger partial charge in [-0.2, -0.15) is 0 Å². The quantitative estimate of drug-likeness (QED) is 0.695. The van der Waals surface area contributed by atoms with Crippen LogP contribution >= 0.6 is 0 Å². The van der Waals surface area contributed by atoms with E-state index in [-0.39, 0.29) is 5.83 Å². The Labute approximate surface area is 143 Å². The second kappa shape index (κ2) is 7.86.